The number of hydrogen-bond donors (Lipinski definition) is 1. The summed E-state index contributed by atoms with van der Waals surface area (Å²) in [6.45, 7) is 10.8. The van der Waals surface area contributed by atoms with Crippen LogP contribution in [0.3, 0.4) is 0 Å². The van der Waals surface area contributed by atoms with E-state index in [2.05, 4.69) is 27.7 Å². The van der Waals surface area contributed by atoms with Gasteiger partial charge in [-0.15, -0.1) is 0 Å². The molecule has 1 aliphatic carbocycles. The van der Waals surface area contributed by atoms with E-state index in [0.717, 1.165) is 25.4 Å². The number of carbonyl (C=O) groups is 1. The van der Waals surface area contributed by atoms with Gasteiger partial charge in [-0.05, 0) is 37.5 Å². The van der Waals surface area contributed by atoms with Crippen molar-refractivity contribution in [3.05, 3.63) is 0 Å². The van der Waals surface area contributed by atoms with Crippen LogP contribution in [0.25, 0.3) is 0 Å². The lowest BCUT2D eigenvalue weighted by molar-refractivity contribution is -0.136. The third kappa shape index (κ3) is 5.07. The molecule has 0 saturated heterocycles. The van der Waals surface area contributed by atoms with Crippen LogP contribution in [-0.2, 0) is 4.79 Å². The van der Waals surface area contributed by atoms with E-state index >= 15 is 0 Å². The van der Waals surface area contributed by atoms with Crippen LogP contribution in [0, 0.1) is 17.3 Å². The van der Waals surface area contributed by atoms with E-state index < -0.39 is 0 Å². The minimum atomic E-state index is -0.00583. The molecular weight excluding hydrogens is 212 g/mol. The Kier molecular flexibility index (Phi) is 4.99. The van der Waals surface area contributed by atoms with Gasteiger partial charge in [-0.3, -0.25) is 4.79 Å². The standard InChI is InChI=1S/C14H28N2O/c1-5-16(10-11-6-7-11)13(17)12(9-15)8-14(2,3)4/h11-12H,5-10,15H2,1-4H3. The minimum Gasteiger partial charge on any atom is -0.342 e. The molecule has 1 aliphatic rings. The first-order chi connectivity index (χ1) is 7.87. The van der Waals surface area contributed by atoms with Crippen LogP contribution in [0.2, 0.25) is 0 Å². The predicted octanol–water partition coefficient (Wildman–Crippen LogP) is 2.26. The third-order valence-electron chi connectivity index (χ3n) is 3.36. The average molecular weight is 240 g/mol. The van der Waals surface area contributed by atoms with Crippen LogP contribution < -0.4 is 5.73 Å². The maximum absolute atomic E-state index is 12.4. The molecule has 1 atom stereocenters. The summed E-state index contributed by atoms with van der Waals surface area (Å²) in [7, 11) is 0. The lowest BCUT2D eigenvalue weighted by Gasteiger charge is -2.29. The highest BCUT2D eigenvalue weighted by Gasteiger charge is 2.30. The number of hydrogen-bond acceptors (Lipinski definition) is 2. The van der Waals surface area contributed by atoms with Crippen LogP contribution in [0.15, 0.2) is 0 Å². The Labute approximate surface area is 106 Å². The van der Waals surface area contributed by atoms with Gasteiger partial charge in [0.1, 0.15) is 0 Å². The Hall–Kier alpha value is -0.570. The quantitative estimate of drug-likeness (QED) is 0.774. The molecule has 1 unspecified atom stereocenters. The summed E-state index contributed by atoms with van der Waals surface area (Å²) >= 11 is 0. The van der Waals surface area contributed by atoms with Gasteiger partial charge < -0.3 is 10.6 Å². The summed E-state index contributed by atoms with van der Waals surface area (Å²) in [4.78, 5) is 14.4. The predicted molar refractivity (Wildman–Crippen MR) is 71.6 cm³/mol. The molecule has 0 spiro atoms. The molecule has 0 aromatic heterocycles. The van der Waals surface area contributed by atoms with Crippen molar-refractivity contribution in [1.29, 1.82) is 0 Å². The third-order valence-corrected chi connectivity index (χ3v) is 3.36. The highest BCUT2D eigenvalue weighted by molar-refractivity contribution is 5.79. The molecule has 1 rings (SSSR count). The largest absolute Gasteiger partial charge is 0.342 e. The fourth-order valence-electron chi connectivity index (χ4n) is 2.26. The zero-order valence-electron chi connectivity index (χ0n) is 11.8. The van der Waals surface area contributed by atoms with Crippen molar-refractivity contribution < 1.29 is 4.79 Å². The fourth-order valence-corrected chi connectivity index (χ4v) is 2.26. The number of amides is 1. The van der Waals surface area contributed by atoms with Crippen molar-refractivity contribution in [3.63, 3.8) is 0 Å². The number of carbonyl (C=O) groups excluding carboxylic acids is 1. The molecule has 1 saturated carbocycles. The van der Waals surface area contributed by atoms with Crippen LogP contribution in [0.5, 0.6) is 0 Å². The summed E-state index contributed by atoms with van der Waals surface area (Å²) in [6.07, 6.45) is 3.45. The van der Waals surface area contributed by atoms with Gasteiger partial charge >= 0.3 is 0 Å². The zero-order chi connectivity index (χ0) is 13.1. The summed E-state index contributed by atoms with van der Waals surface area (Å²) in [5, 5.41) is 0. The van der Waals surface area contributed by atoms with Gasteiger partial charge in [0.2, 0.25) is 5.91 Å². The van der Waals surface area contributed by atoms with Crippen molar-refractivity contribution in [3.8, 4) is 0 Å². The topological polar surface area (TPSA) is 46.3 Å². The number of nitrogens with zero attached hydrogens (tertiary/aromatic N) is 1. The van der Waals surface area contributed by atoms with Gasteiger partial charge in [0, 0.05) is 19.6 Å². The normalized spacial score (nSPS) is 17.9. The van der Waals surface area contributed by atoms with Crippen molar-refractivity contribution in [2.24, 2.45) is 23.0 Å². The van der Waals surface area contributed by atoms with Crippen LogP contribution in [-0.4, -0.2) is 30.4 Å². The summed E-state index contributed by atoms with van der Waals surface area (Å²) < 4.78 is 0. The van der Waals surface area contributed by atoms with Crippen molar-refractivity contribution >= 4 is 5.91 Å². The monoisotopic (exact) mass is 240 g/mol. The smallest absolute Gasteiger partial charge is 0.226 e. The first-order valence-electron chi connectivity index (χ1n) is 6.86. The maximum atomic E-state index is 12.4. The highest BCUT2D eigenvalue weighted by Crippen LogP contribution is 2.31. The van der Waals surface area contributed by atoms with E-state index in [9.17, 15) is 4.79 Å². The Bertz CT molecular complexity index is 253. The molecular formula is C14H28N2O. The van der Waals surface area contributed by atoms with Gasteiger partial charge in [-0.2, -0.15) is 0 Å². The highest BCUT2D eigenvalue weighted by atomic mass is 16.2. The fraction of sp³-hybridized carbons (Fsp3) is 0.929. The second kappa shape index (κ2) is 5.85. The molecule has 0 aliphatic heterocycles. The van der Waals surface area contributed by atoms with Crippen molar-refractivity contribution in [2.75, 3.05) is 19.6 Å². The molecule has 2 N–H and O–H groups in total. The first kappa shape index (κ1) is 14.5. The van der Waals surface area contributed by atoms with E-state index in [0.29, 0.717) is 6.54 Å². The van der Waals surface area contributed by atoms with E-state index in [1.54, 1.807) is 0 Å². The van der Waals surface area contributed by atoms with Crippen molar-refractivity contribution in [1.82, 2.24) is 4.90 Å². The second-order valence-corrected chi connectivity index (χ2v) is 6.52. The molecule has 0 aromatic carbocycles. The van der Waals surface area contributed by atoms with Gasteiger partial charge in [-0.1, -0.05) is 20.8 Å². The summed E-state index contributed by atoms with van der Waals surface area (Å²) in [5.41, 5.74) is 5.94. The van der Waals surface area contributed by atoms with Gasteiger partial charge in [0.15, 0.2) is 0 Å². The van der Waals surface area contributed by atoms with Gasteiger partial charge in [0.05, 0.1) is 5.92 Å². The molecule has 3 heteroatoms. The SMILES string of the molecule is CCN(CC1CC1)C(=O)C(CN)CC(C)(C)C. The molecule has 0 aromatic rings. The summed E-state index contributed by atoms with van der Waals surface area (Å²) in [5.74, 6) is 1.01. The maximum Gasteiger partial charge on any atom is 0.226 e. The van der Waals surface area contributed by atoms with Gasteiger partial charge in [-0.25, -0.2) is 0 Å². The Morgan fingerprint density at radius 2 is 2.00 bits per heavy atom. The molecule has 0 radical (unpaired) electrons. The Morgan fingerprint density at radius 3 is 2.35 bits per heavy atom. The van der Waals surface area contributed by atoms with E-state index in [1.165, 1.54) is 12.8 Å². The van der Waals surface area contributed by atoms with Crippen LogP contribution in [0.4, 0.5) is 0 Å². The molecule has 1 fully saturated rings. The molecule has 1 amide bonds. The average Bonchev–Trinajstić information content (AvgIpc) is 3.04. The van der Waals surface area contributed by atoms with Crippen LogP contribution >= 0.6 is 0 Å². The molecule has 0 heterocycles. The Balaban J connectivity index is 2.55. The summed E-state index contributed by atoms with van der Waals surface area (Å²) in [6, 6.07) is 0. The number of nitrogens with two attached hydrogens (primary N) is 1. The van der Waals surface area contributed by atoms with Crippen LogP contribution in [0.1, 0.15) is 47.0 Å². The molecule has 17 heavy (non-hydrogen) atoms. The Morgan fingerprint density at radius 1 is 1.41 bits per heavy atom. The van der Waals surface area contributed by atoms with Gasteiger partial charge in [0.25, 0.3) is 0 Å². The van der Waals surface area contributed by atoms with E-state index in [4.69, 9.17) is 5.73 Å². The van der Waals surface area contributed by atoms with E-state index in [1.807, 2.05) is 4.90 Å². The first-order valence-corrected chi connectivity index (χ1v) is 6.86. The zero-order valence-corrected chi connectivity index (χ0v) is 11.8. The minimum absolute atomic E-state index is 0.00583. The lowest BCUT2D eigenvalue weighted by Crippen LogP contribution is -2.41. The van der Waals surface area contributed by atoms with Crippen molar-refractivity contribution in [2.45, 2.75) is 47.0 Å². The lowest BCUT2D eigenvalue weighted by atomic mass is 9.84. The molecule has 3 nitrogen and oxygen atoms in total. The van der Waals surface area contributed by atoms with E-state index in [-0.39, 0.29) is 17.2 Å². The number of rotatable bonds is 6. The molecule has 0 bridgehead atoms. The molecule has 100 valence electrons. The second-order valence-electron chi connectivity index (χ2n) is 6.52.